The zero-order valence-electron chi connectivity index (χ0n) is 17.3. The van der Waals surface area contributed by atoms with Crippen molar-refractivity contribution in [1.82, 2.24) is 10.1 Å². The fourth-order valence-electron chi connectivity index (χ4n) is 3.56. The molecule has 0 aliphatic carbocycles. The highest BCUT2D eigenvalue weighted by Crippen LogP contribution is 2.25. The number of nitrogens with one attached hydrogen (secondary N) is 1. The molecule has 2 N–H and O–H groups in total. The van der Waals surface area contributed by atoms with E-state index >= 15 is 0 Å². The van der Waals surface area contributed by atoms with Crippen molar-refractivity contribution in [2.75, 3.05) is 25.5 Å². The number of likely N-dealkylation sites (tertiary alicyclic amines) is 1. The number of carbonyl (C=O) groups is 2. The zero-order valence-corrected chi connectivity index (χ0v) is 17.3. The number of hydrogen-bond acceptors (Lipinski definition) is 6. The maximum Gasteiger partial charge on any atom is 0.309 e. The summed E-state index contributed by atoms with van der Waals surface area (Å²) in [6.07, 6.45) is 0. The van der Waals surface area contributed by atoms with Gasteiger partial charge in [0.25, 0.3) is 5.91 Å². The van der Waals surface area contributed by atoms with Crippen LogP contribution in [-0.4, -0.2) is 47.2 Å². The Morgan fingerprint density at radius 3 is 2.58 bits per heavy atom. The minimum atomic E-state index is -0.737. The van der Waals surface area contributed by atoms with Gasteiger partial charge in [0.2, 0.25) is 0 Å². The molecule has 0 saturated carbocycles. The van der Waals surface area contributed by atoms with Crippen LogP contribution in [0.3, 0.4) is 0 Å². The highest BCUT2D eigenvalue weighted by molar-refractivity contribution is 6.03. The van der Waals surface area contributed by atoms with Crippen LogP contribution in [0.25, 0.3) is 11.3 Å². The number of carbonyl (C=O) groups excluding carboxylic acids is 1. The summed E-state index contributed by atoms with van der Waals surface area (Å²) in [6.45, 7) is 3.75. The molecule has 0 atom stereocenters. The molecular weight excluding hydrogens is 398 g/mol. The van der Waals surface area contributed by atoms with E-state index in [1.165, 1.54) is 0 Å². The van der Waals surface area contributed by atoms with Crippen molar-refractivity contribution in [2.24, 2.45) is 5.92 Å². The van der Waals surface area contributed by atoms with Gasteiger partial charge in [0.05, 0.1) is 13.0 Å². The zero-order chi connectivity index (χ0) is 22.0. The minimum absolute atomic E-state index is 0.188. The van der Waals surface area contributed by atoms with Gasteiger partial charge in [-0.25, -0.2) is 0 Å². The van der Waals surface area contributed by atoms with Gasteiger partial charge in [-0.3, -0.25) is 14.5 Å². The Kier molecular flexibility index (Phi) is 5.73. The summed E-state index contributed by atoms with van der Waals surface area (Å²) in [5, 5.41) is 15.7. The average Bonchev–Trinajstić information content (AvgIpc) is 3.21. The molecule has 0 radical (unpaired) electrons. The van der Waals surface area contributed by atoms with Crippen molar-refractivity contribution < 1.29 is 24.0 Å². The number of carboxylic acid groups (broad SMARTS) is 1. The Bertz CT molecular complexity index is 1100. The number of aliphatic carboxylic acids is 1. The topological polar surface area (TPSA) is 105 Å². The lowest BCUT2D eigenvalue weighted by molar-refractivity contribution is -0.147. The monoisotopic (exact) mass is 421 g/mol. The first-order valence-corrected chi connectivity index (χ1v) is 9.90. The molecule has 8 nitrogen and oxygen atoms in total. The molecule has 8 heteroatoms. The standard InChI is InChI=1S/C23H23N3O5/c1-14-9-18(7-8-20(14)30-2)24-22(27)19-10-21(31-25-19)16-5-3-15(4-6-16)11-26-12-17(13-26)23(28)29/h3-10,17H,11-13H2,1-2H3,(H,24,27)(H,28,29). The molecule has 1 saturated heterocycles. The average molecular weight is 421 g/mol. The Morgan fingerprint density at radius 2 is 1.94 bits per heavy atom. The molecule has 1 aliphatic heterocycles. The van der Waals surface area contributed by atoms with E-state index in [4.69, 9.17) is 14.4 Å². The minimum Gasteiger partial charge on any atom is -0.496 e. The van der Waals surface area contributed by atoms with Crippen LogP contribution >= 0.6 is 0 Å². The van der Waals surface area contributed by atoms with Crippen LogP contribution in [0, 0.1) is 12.8 Å². The Hall–Kier alpha value is -3.65. The molecule has 1 fully saturated rings. The van der Waals surface area contributed by atoms with Gasteiger partial charge < -0.3 is 19.7 Å². The van der Waals surface area contributed by atoms with Crippen molar-refractivity contribution in [2.45, 2.75) is 13.5 Å². The molecule has 3 aromatic rings. The molecule has 0 unspecified atom stereocenters. The lowest BCUT2D eigenvalue weighted by Gasteiger charge is -2.36. The third kappa shape index (κ3) is 4.59. The maximum absolute atomic E-state index is 12.5. The normalized spacial score (nSPS) is 14.1. The van der Waals surface area contributed by atoms with Crippen LogP contribution in [0.5, 0.6) is 5.75 Å². The Balaban J connectivity index is 1.37. The highest BCUT2D eigenvalue weighted by atomic mass is 16.5. The fraction of sp³-hybridized carbons (Fsp3) is 0.261. The van der Waals surface area contributed by atoms with Crippen LogP contribution < -0.4 is 10.1 Å². The third-order valence-electron chi connectivity index (χ3n) is 5.35. The number of carboxylic acids is 1. The summed E-state index contributed by atoms with van der Waals surface area (Å²) in [5.41, 5.74) is 3.64. The summed E-state index contributed by atoms with van der Waals surface area (Å²) in [5.74, 6) is -0.112. The summed E-state index contributed by atoms with van der Waals surface area (Å²) in [4.78, 5) is 25.5. The third-order valence-corrected chi connectivity index (χ3v) is 5.35. The number of nitrogens with zero attached hydrogens (tertiary/aromatic N) is 2. The van der Waals surface area contributed by atoms with Gasteiger partial charge in [-0.1, -0.05) is 29.4 Å². The van der Waals surface area contributed by atoms with Gasteiger partial charge in [-0.05, 0) is 36.2 Å². The summed E-state index contributed by atoms with van der Waals surface area (Å²) in [6, 6.07) is 14.7. The number of ether oxygens (including phenoxy) is 1. The van der Waals surface area contributed by atoms with Gasteiger partial charge in [0.15, 0.2) is 11.5 Å². The van der Waals surface area contributed by atoms with E-state index < -0.39 is 5.97 Å². The lowest BCUT2D eigenvalue weighted by atomic mass is 9.99. The van der Waals surface area contributed by atoms with Gasteiger partial charge in [0, 0.05) is 37.0 Å². The number of methoxy groups -OCH3 is 1. The molecule has 0 bridgehead atoms. The van der Waals surface area contributed by atoms with Gasteiger partial charge in [-0.15, -0.1) is 0 Å². The van der Waals surface area contributed by atoms with Gasteiger partial charge in [-0.2, -0.15) is 0 Å². The molecule has 1 amide bonds. The number of aromatic nitrogens is 1. The van der Waals surface area contributed by atoms with E-state index in [1.807, 2.05) is 37.3 Å². The maximum atomic E-state index is 12.5. The smallest absolute Gasteiger partial charge is 0.309 e. The van der Waals surface area contributed by atoms with Gasteiger partial charge >= 0.3 is 5.97 Å². The number of amides is 1. The fourth-order valence-corrected chi connectivity index (χ4v) is 3.56. The number of benzene rings is 2. The van der Waals surface area contributed by atoms with Crippen molar-refractivity contribution >= 4 is 17.6 Å². The molecular formula is C23H23N3O5. The predicted octanol–water partition coefficient (Wildman–Crippen LogP) is 3.43. The van der Waals surface area contributed by atoms with Crippen molar-refractivity contribution in [3.63, 3.8) is 0 Å². The van der Waals surface area contributed by atoms with E-state index in [-0.39, 0.29) is 17.5 Å². The lowest BCUT2D eigenvalue weighted by Crippen LogP contribution is -2.49. The summed E-state index contributed by atoms with van der Waals surface area (Å²) < 4.78 is 10.6. The van der Waals surface area contributed by atoms with Crippen LogP contribution in [0.2, 0.25) is 0 Å². The molecule has 160 valence electrons. The number of anilines is 1. The van der Waals surface area contributed by atoms with Crippen LogP contribution in [-0.2, 0) is 11.3 Å². The first-order valence-electron chi connectivity index (χ1n) is 9.90. The Labute approximate surface area is 179 Å². The molecule has 31 heavy (non-hydrogen) atoms. The number of rotatable bonds is 7. The van der Waals surface area contributed by atoms with Crippen LogP contribution in [0.1, 0.15) is 21.6 Å². The predicted molar refractivity (Wildman–Crippen MR) is 114 cm³/mol. The Morgan fingerprint density at radius 1 is 1.19 bits per heavy atom. The number of hydrogen-bond donors (Lipinski definition) is 2. The van der Waals surface area contributed by atoms with Crippen molar-refractivity contribution in [3.05, 3.63) is 65.4 Å². The molecule has 4 rings (SSSR count). The summed E-state index contributed by atoms with van der Waals surface area (Å²) in [7, 11) is 1.60. The summed E-state index contributed by atoms with van der Waals surface area (Å²) >= 11 is 0. The van der Waals surface area contributed by atoms with Crippen molar-refractivity contribution in [3.8, 4) is 17.1 Å². The van der Waals surface area contributed by atoms with E-state index in [9.17, 15) is 9.59 Å². The molecule has 1 aliphatic rings. The highest BCUT2D eigenvalue weighted by Gasteiger charge is 2.32. The first-order chi connectivity index (χ1) is 14.9. The quantitative estimate of drug-likeness (QED) is 0.602. The SMILES string of the molecule is COc1ccc(NC(=O)c2cc(-c3ccc(CN4CC(C(=O)O)C4)cc3)on2)cc1C. The molecule has 2 heterocycles. The number of aryl methyl sites for hydroxylation is 1. The second kappa shape index (κ2) is 8.61. The first kappa shape index (κ1) is 20.6. The van der Waals surface area contributed by atoms with Crippen LogP contribution in [0.4, 0.5) is 5.69 Å². The largest absolute Gasteiger partial charge is 0.496 e. The van der Waals surface area contributed by atoms with Crippen LogP contribution in [0.15, 0.2) is 53.1 Å². The van der Waals surface area contributed by atoms with E-state index in [1.54, 1.807) is 25.3 Å². The second-order valence-electron chi connectivity index (χ2n) is 7.64. The van der Waals surface area contributed by atoms with Crippen molar-refractivity contribution in [1.29, 1.82) is 0 Å². The van der Waals surface area contributed by atoms with E-state index in [0.717, 1.165) is 22.4 Å². The van der Waals surface area contributed by atoms with E-state index in [0.29, 0.717) is 31.1 Å². The molecule has 1 aromatic heterocycles. The molecule has 0 spiro atoms. The van der Waals surface area contributed by atoms with Gasteiger partial charge in [0.1, 0.15) is 5.75 Å². The second-order valence-corrected chi connectivity index (χ2v) is 7.64. The molecule has 2 aromatic carbocycles. The van der Waals surface area contributed by atoms with E-state index in [2.05, 4.69) is 15.4 Å².